The van der Waals surface area contributed by atoms with Gasteiger partial charge in [0.1, 0.15) is 12.0 Å². The van der Waals surface area contributed by atoms with Crippen molar-refractivity contribution in [3.8, 4) is 0 Å². The van der Waals surface area contributed by atoms with Gasteiger partial charge in [-0.25, -0.2) is 0 Å². The molecule has 138 valence electrons. The number of carbonyl (C=O) groups is 1. The van der Waals surface area contributed by atoms with Gasteiger partial charge in [-0.05, 0) is 43.0 Å². The van der Waals surface area contributed by atoms with Crippen LogP contribution in [-0.2, 0) is 6.54 Å². The van der Waals surface area contributed by atoms with E-state index in [-0.39, 0.29) is 12.5 Å². The number of furan rings is 1. The van der Waals surface area contributed by atoms with Crippen LogP contribution in [-0.4, -0.2) is 43.5 Å². The molecule has 1 saturated carbocycles. The number of hydrogen-bond donors (Lipinski definition) is 2. The number of piperazine rings is 1. The number of nitrogens with two attached hydrogens (primary N) is 1. The fourth-order valence-electron chi connectivity index (χ4n) is 3.44. The van der Waals surface area contributed by atoms with E-state index in [0.717, 1.165) is 43.5 Å². The van der Waals surface area contributed by atoms with Crippen LogP contribution in [0.5, 0.6) is 0 Å². The molecule has 26 heavy (non-hydrogen) atoms. The van der Waals surface area contributed by atoms with Crippen molar-refractivity contribution < 1.29 is 9.21 Å². The Morgan fingerprint density at radius 1 is 1.19 bits per heavy atom. The number of hydrogen-bond acceptors (Lipinski definition) is 5. The summed E-state index contributed by atoms with van der Waals surface area (Å²) in [6.07, 6.45) is 4.26. The molecule has 2 fully saturated rings. The lowest BCUT2D eigenvalue weighted by Gasteiger charge is -2.36. The number of amides is 1. The van der Waals surface area contributed by atoms with Gasteiger partial charge in [0, 0.05) is 44.1 Å². The average molecular weight is 354 g/mol. The van der Waals surface area contributed by atoms with Gasteiger partial charge in [0.2, 0.25) is 0 Å². The Morgan fingerprint density at radius 3 is 2.69 bits per heavy atom. The number of carbonyl (C=O) groups excluding carboxylic acids is 1. The van der Waals surface area contributed by atoms with Crippen LogP contribution >= 0.6 is 0 Å². The lowest BCUT2D eigenvalue weighted by Crippen LogP contribution is -2.47. The maximum Gasteiger partial charge on any atom is 0.258 e. The first kappa shape index (κ1) is 17.1. The largest absolute Gasteiger partial charge is 0.467 e. The summed E-state index contributed by atoms with van der Waals surface area (Å²) in [6.45, 7) is 5.85. The molecule has 1 aromatic heterocycles. The summed E-state index contributed by atoms with van der Waals surface area (Å²) in [5.74, 6) is 1.37. The van der Waals surface area contributed by atoms with E-state index in [1.54, 1.807) is 6.07 Å². The van der Waals surface area contributed by atoms with Gasteiger partial charge in [-0.2, -0.15) is 0 Å². The average Bonchev–Trinajstić information content (AvgIpc) is 3.34. The van der Waals surface area contributed by atoms with Crippen LogP contribution in [0.3, 0.4) is 0 Å². The highest BCUT2D eigenvalue weighted by Gasteiger charge is 2.26. The second kappa shape index (κ2) is 7.51. The number of anilines is 2. The van der Waals surface area contributed by atoms with E-state index in [0.29, 0.717) is 11.3 Å². The Kier molecular flexibility index (Phi) is 4.95. The highest BCUT2D eigenvalue weighted by Crippen LogP contribution is 2.30. The standard InChI is InChI=1S/C20H26N4O2/c21-12-19-10-16(14-26-19)20(25)22-17-2-1-3-18(11-17)24-8-6-23(7-9-24)13-15-4-5-15/h1-3,10-11,14-15H,4-9,12-13,21H2,(H,22,25). The SMILES string of the molecule is NCc1cc(C(=O)Nc2cccc(N3CCN(CC4CC4)CC3)c2)co1. The van der Waals surface area contributed by atoms with Crippen molar-refractivity contribution >= 4 is 17.3 Å². The molecule has 0 unspecified atom stereocenters. The van der Waals surface area contributed by atoms with E-state index >= 15 is 0 Å². The normalized spacial score (nSPS) is 18.1. The quantitative estimate of drug-likeness (QED) is 0.834. The van der Waals surface area contributed by atoms with E-state index in [9.17, 15) is 4.79 Å². The van der Waals surface area contributed by atoms with Crippen LogP contribution in [0.4, 0.5) is 11.4 Å². The molecule has 6 nitrogen and oxygen atoms in total. The van der Waals surface area contributed by atoms with Crippen molar-refractivity contribution in [2.24, 2.45) is 11.7 Å². The van der Waals surface area contributed by atoms with Gasteiger partial charge in [-0.3, -0.25) is 9.69 Å². The summed E-state index contributed by atoms with van der Waals surface area (Å²) >= 11 is 0. The summed E-state index contributed by atoms with van der Waals surface area (Å²) in [4.78, 5) is 17.3. The highest BCUT2D eigenvalue weighted by molar-refractivity contribution is 6.04. The second-order valence-corrected chi connectivity index (χ2v) is 7.24. The van der Waals surface area contributed by atoms with E-state index in [1.807, 2.05) is 18.2 Å². The summed E-state index contributed by atoms with van der Waals surface area (Å²) in [5.41, 5.74) is 7.96. The maximum atomic E-state index is 12.4. The zero-order valence-electron chi connectivity index (χ0n) is 15.0. The van der Waals surface area contributed by atoms with Crippen LogP contribution in [0.1, 0.15) is 29.0 Å². The van der Waals surface area contributed by atoms with Crippen LogP contribution in [0, 0.1) is 5.92 Å². The molecule has 1 amide bonds. The van der Waals surface area contributed by atoms with Crippen molar-refractivity contribution in [1.82, 2.24) is 4.90 Å². The number of rotatable bonds is 6. The third kappa shape index (κ3) is 4.08. The van der Waals surface area contributed by atoms with Gasteiger partial charge in [0.05, 0.1) is 12.1 Å². The summed E-state index contributed by atoms with van der Waals surface area (Å²) in [7, 11) is 0. The monoisotopic (exact) mass is 354 g/mol. The summed E-state index contributed by atoms with van der Waals surface area (Å²) in [6, 6.07) is 9.73. The topological polar surface area (TPSA) is 74.7 Å². The van der Waals surface area contributed by atoms with Gasteiger partial charge in [-0.15, -0.1) is 0 Å². The van der Waals surface area contributed by atoms with E-state index in [4.69, 9.17) is 10.2 Å². The summed E-state index contributed by atoms with van der Waals surface area (Å²) < 4.78 is 5.23. The first-order valence-corrected chi connectivity index (χ1v) is 9.37. The van der Waals surface area contributed by atoms with Crippen LogP contribution in [0.15, 0.2) is 41.0 Å². The summed E-state index contributed by atoms with van der Waals surface area (Å²) in [5, 5.41) is 2.94. The Bertz CT molecular complexity index is 761. The minimum Gasteiger partial charge on any atom is -0.467 e. The van der Waals surface area contributed by atoms with Gasteiger partial charge < -0.3 is 20.4 Å². The molecule has 1 saturated heterocycles. The molecule has 6 heteroatoms. The molecular formula is C20H26N4O2. The zero-order valence-corrected chi connectivity index (χ0v) is 15.0. The van der Waals surface area contributed by atoms with E-state index in [1.165, 1.54) is 25.6 Å². The third-order valence-corrected chi connectivity index (χ3v) is 5.17. The maximum absolute atomic E-state index is 12.4. The first-order chi connectivity index (χ1) is 12.7. The predicted molar refractivity (Wildman–Crippen MR) is 102 cm³/mol. The predicted octanol–water partition coefficient (Wildman–Crippen LogP) is 2.52. The van der Waals surface area contributed by atoms with Crippen molar-refractivity contribution in [3.63, 3.8) is 0 Å². The molecule has 0 bridgehead atoms. The molecule has 1 aliphatic carbocycles. The first-order valence-electron chi connectivity index (χ1n) is 9.37. The fraction of sp³-hybridized carbons (Fsp3) is 0.450. The molecule has 4 rings (SSSR count). The molecule has 2 heterocycles. The number of nitrogens with zero attached hydrogens (tertiary/aromatic N) is 2. The van der Waals surface area contributed by atoms with Crippen LogP contribution < -0.4 is 16.0 Å². The van der Waals surface area contributed by atoms with Crippen molar-refractivity contribution in [1.29, 1.82) is 0 Å². The molecule has 1 aliphatic heterocycles. The third-order valence-electron chi connectivity index (χ3n) is 5.17. The van der Waals surface area contributed by atoms with E-state index in [2.05, 4.69) is 21.2 Å². The Labute approximate surface area is 153 Å². The molecule has 0 spiro atoms. The van der Waals surface area contributed by atoms with Gasteiger partial charge >= 0.3 is 0 Å². The molecule has 1 aromatic carbocycles. The molecule has 0 atom stereocenters. The van der Waals surface area contributed by atoms with Gasteiger partial charge in [0.15, 0.2) is 0 Å². The number of benzene rings is 1. The van der Waals surface area contributed by atoms with Crippen LogP contribution in [0.2, 0.25) is 0 Å². The van der Waals surface area contributed by atoms with Gasteiger partial charge in [-0.1, -0.05) is 6.07 Å². The smallest absolute Gasteiger partial charge is 0.258 e. The lowest BCUT2D eigenvalue weighted by atomic mass is 10.2. The number of nitrogens with one attached hydrogen (secondary N) is 1. The Hall–Kier alpha value is -2.31. The molecule has 2 aliphatic rings. The Morgan fingerprint density at radius 2 is 2.00 bits per heavy atom. The molecule has 2 aromatic rings. The van der Waals surface area contributed by atoms with Gasteiger partial charge in [0.25, 0.3) is 5.91 Å². The van der Waals surface area contributed by atoms with E-state index < -0.39 is 0 Å². The van der Waals surface area contributed by atoms with Crippen LogP contribution in [0.25, 0.3) is 0 Å². The second-order valence-electron chi connectivity index (χ2n) is 7.24. The fourth-order valence-corrected chi connectivity index (χ4v) is 3.44. The molecular weight excluding hydrogens is 328 g/mol. The van der Waals surface area contributed by atoms with Crippen molar-refractivity contribution in [2.45, 2.75) is 19.4 Å². The highest BCUT2D eigenvalue weighted by atomic mass is 16.3. The minimum absolute atomic E-state index is 0.181. The lowest BCUT2D eigenvalue weighted by molar-refractivity contribution is 0.102. The zero-order chi connectivity index (χ0) is 17.9. The van der Waals surface area contributed by atoms with Crippen molar-refractivity contribution in [3.05, 3.63) is 47.9 Å². The van der Waals surface area contributed by atoms with Crippen molar-refractivity contribution in [2.75, 3.05) is 42.9 Å². The Balaban J connectivity index is 1.36. The molecule has 3 N–H and O–H groups in total. The minimum atomic E-state index is -0.181. The molecule has 0 radical (unpaired) electrons.